The van der Waals surface area contributed by atoms with Gasteiger partial charge in [-0.3, -0.25) is 5.84 Å². The predicted octanol–water partition coefficient (Wildman–Crippen LogP) is 3.51. The summed E-state index contributed by atoms with van der Waals surface area (Å²) in [4.78, 5) is 0. The lowest BCUT2D eigenvalue weighted by atomic mass is 9.39. The zero-order valence-electron chi connectivity index (χ0n) is 13.6. The van der Waals surface area contributed by atoms with Crippen molar-refractivity contribution in [3.63, 3.8) is 0 Å². The number of rotatable bonds is 4. The molecule has 5 rings (SSSR count). The van der Waals surface area contributed by atoms with Crippen molar-refractivity contribution in [3.8, 4) is 0 Å². The molecule has 0 aromatic heterocycles. The summed E-state index contributed by atoms with van der Waals surface area (Å²) in [7, 11) is 0. The molecule has 4 fully saturated rings. The summed E-state index contributed by atoms with van der Waals surface area (Å²) >= 11 is 0. The average Bonchev–Trinajstić information content (AvgIpc) is 2.85. The van der Waals surface area contributed by atoms with Crippen molar-refractivity contribution in [1.29, 1.82) is 0 Å². The monoisotopic (exact) mass is 290 g/mol. The molecule has 3 atom stereocenters. The van der Waals surface area contributed by atoms with E-state index in [1.807, 2.05) is 0 Å². The Labute approximate surface area is 128 Å². The number of hydrazine groups is 1. The van der Waals surface area contributed by atoms with Crippen molar-refractivity contribution in [3.05, 3.63) is 11.8 Å². The van der Waals surface area contributed by atoms with E-state index < -0.39 is 0 Å². The first-order chi connectivity index (χ1) is 9.93. The van der Waals surface area contributed by atoms with E-state index in [0.29, 0.717) is 16.2 Å². The molecule has 1 aliphatic heterocycles. The SMILES string of the molecule is CC12CC3CC(C)(C1)CC(CC(NN)C1=CCCO1)(C3)C2. The first kappa shape index (κ1) is 14.1. The third-order valence-corrected chi connectivity index (χ3v) is 6.66. The summed E-state index contributed by atoms with van der Waals surface area (Å²) in [5, 5.41) is 0. The molecule has 3 nitrogen and oxygen atoms in total. The highest BCUT2D eigenvalue weighted by molar-refractivity contribution is 5.14. The highest BCUT2D eigenvalue weighted by atomic mass is 16.5. The van der Waals surface area contributed by atoms with E-state index in [9.17, 15) is 0 Å². The van der Waals surface area contributed by atoms with Crippen LogP contribution in [0.1, 0.15) is 65.2 Å². The topological polar surface area (TPSA) is 47.3 Å². The summed E-state index contributed by atoms with van der Waals surface area (Å²) in [6, 6.07) is 0.218. The maximum absolute atomic E-state index is 5.88. The van der Waals surface area contributed by atoms with E-state index in [1.165, 1.54) is 38.5 Å². The summed E-state index contributed by atoms with van der Waals surface area (Å²) in [5.41, 5.74) is 4.71. The molecular weight excluding hydrogens is 260 g/mol. The third kappa shape index (κ3) is 2.33. The van der Waals surface area contributed by atoms with Crippen molar-refractivity contribution in [2.24, 2.45) is 28.0 Å². The van der Waals surface area contributed by atoms with Gasteiger partial charge in [0, 0.05) is 6.42 Å². The standard InChI is InChI=1S/C18H30N2O/c1-16-6-13-7-17(2,10-16)12-18(8-13,11-16)9-14(20-19)15-4-3-5-21-15/h4,13-14,20H,3,5-12,19H2,1-2H3. The minimum Gasteiger partial charge on any atom is -0.496 e. The molecule has 4 bridgehead atoms. The number of hydrogen-bond acceptors (Lipinski definition) is 3. The van der Waals surface area contributed by atoms with E-state index in [4.69, 9.17) is 10.6 Å². The van der Waals surface area contributed by atoms with E-state index >= 15 is 0 Å². The first-order valence-electron chi connectivity index (χ1n) is 8.72. The number of hydrogen-bond donors (Lipinski definition) is 2. The molecule has 0 aromatic rings. The molecule has 21 heavy (non-hydrogen) atoms. The fourth-order valence-electron chi connectivity index (χ4n) is 7.27. The molecule has 0 radical (unpaired) electrons. The minimum atomic E-state index is 0.218. The summed E-state index contributed by atoms with van der Waals surface area (Å²) in [6.07, 6.45) is 13.0. The lowest BCUT2D eigenvalue weighted by Gasteiger charge is -2.66. The minimum absolute atomic E-state index is 0.218. The number of nitrogens with one attached hydrogen (secondary N) is 1. The van der Waals surface area contributed by atoms with Crippen molar-refractivity contribution in [2.75, 3.05) is 6.61 Å². The number of ether oxygens (including phenoxy) is 1. The molecule has 4 saturated carbocycles. The van der Waals surface area contributed by atoms with Crippen LogP contribution in [0.5, 0.6) is 0 Å². The van der Waals surface area contributed by atoms with Gasteiger partial charge < -0.3 is 4.74 Å². The quantitative estimate of drug-likeness (QED) is 0.615. The van der Waals surface area contributed by atoms with E-state index in [0.717, 1.165) is 31.1 Å². The maximum Gasteiger partial charge on any atom is 0.110 e. The van der Waals surface area contributed by atoms with Crippen molar-refractivity contribution < 1.29 is 4.74 Å². The fraction of sp³-hybridized carbons (Fsp3) is 0.889. The van der Waals surface area contributed by atoms with Crippen molar-refractivity contribution >= 4 is 0 Å². The van der Waals surface area contributed by atoms with Crippen LogP contribution in [-0.4, -0.2) is 12.6 Å². The lowest BCUT2D eigenvalue weighted by Crippen LogP contribution is -2.56. The van der Waals surface area contributed by atoms with Crippen LogP contribution in [0.2, 0.25) is 0 Å². The van der Waals surface area contributed by atoms with Crippen LogP contribution >= 0.6 is 0 Å². The van der Waals surface area contributed by atoms with Gasteiger partial charge in [0.25, 0.3) is 0 Å². The Balaban J connectivity index is 1.59. The summed E-state index contributed by atoms with van der Waals surface area (Å²) in [5.74, 6) is 7.93. The number of nitrogens with two attached hydrogens (primary N) is 1. The van der Waals surface area contributed by atoms with Crippen LogP contribution in [-0.2, 0) is 4.74 Å². The molecule has 0 spiro atoms. The van der Waals surface area contributed by atoms with Gasteiger partial charge >= 0.3 is 0 Å². The Morgan fingerprint density at radius 1 is 1.24 bits per heavy atom. The Morgan fingerprint density at radius 2 is 1.95 bits per heavy atom. The van der Waals surface area contributed by atoms with Crippen LogP contribution in [0, 0.1) is 22.2 Å². The van der Waals surface area contributed by atoms with E-state index in [2.05, 4.69) is 25.3 Å². The Bertz CT molecular complexity index is 454. The Hall–Kier alpha value is -0.540. The maximum atomic E-state index is 5.88. The summed E-state index contributed by atoms with van der Waals surface area (Å²) in [6.45, 7) is 5.92. The van der Waals surface area contributed by atoms with Gasteiger partial charge in [0.15, 0.2) is 0 Å². The van der Waals surface area contributed by atoms with E-state index in [-0.39, 0.29) is 6.04 Å². The molecule has 1 heterocycles. The van der Waals surface area contributed by atoms with Gasteiger partial charge in [-0.1, -0.05) is 13.8 Å². The Kier molecular flexibility index (Phi) is 3.01. The van der Waals surface area contributed by atoms with Gasteiger partial charge in [-0.05, 0) is 73.2 Å². The second kappa shape index (κ2) is 4.48. The predicted molar refractivity (Wildman–Crippen MR) is 84.2 cm³/mol. The second-order valence-corrected chi connectivity index (χ2v) is 9.30. The largest absolute Gasteiger partial charge is 0.496 e. The molecule has 3 unspecified atom stereocenters. The smallest absolute Gasteiger partial charge is 0.110 e. The van der Waals surface area contributed by atoms with Gasteiger partial charge in [-0.25, -0.2) is 5.43 Å². The molecule has 0 aromatic carbocycles. The van der Waals surface area contributed by atoms with Gasteiger partial charge in [0.1, 0.15) is 5.76 Å². The van der Waals surface area contributed by atoms with Gasteiger partial charge in [-0.2, -0.15) is 0 Å². The molecule has 0 amide bonds. The van der Waals surface area contributed by atoms with Gasteiger partial charge in [-0.15, -0.1) is 0 Å². The molecular formula is C18H30N2O. The van der Waals surface area contributed by atoms with E-state index in [1.54, 1.807) is 0 Å². The normalized spacial score (nSPS) is 49.1. The molecule has 3 N–H and O–H groups in total. The second-order valence-electron chi connectivity index (χ2n) is 9.30. The zero-order chi connectivity index (χ0) is 14.7. The zero-order valence-corrected chi connectivity index (χ0v) is 13.6. The third-order valence-electron chi connectivity index (χ3n) is 6.66. The first-order valence-corrected chi connectivity index (χ1v) is 8.72. The molecule has 0 saturated heterocycles. The van der Waals surface area contributed by atoms with Gasteiger partial charge in [0.2, 0.25) is 0 Å². The van der Waals surface area contributed by atoms with Crippen LogP contribution in [0.4, 0.5) is 0 Å². The average molecular weight is 290 g/mol. The van der Waals surface area contributed by atoms with Crippen LogP contribution in [0.25, 0.3) is 0 Å². The summed E-state index contributed by atoms with van der Waals surface area (Å²) < 4.78 is 5.79. The van der Waals surface area contributed by atoms with Crippen molar-refractivity contribution in [1.82, 2.24) is 5.43 Å². The molecule has 5 aliphatic rings. The van der Waals surface area contributed by atoms with Crippen LogP contribution in [0.15, 0.2) is 11.8 Å². The fourth-order valence-corrected chi connectivity index (χ4v) is 7.27. The van der Waals surface area contributed by atoms with Crippen LogP contribution in [0.3, 0.4) is 0 Å². The lowest BCUT2D eigenvalue weighted by molar-refractivity contribution is -0.150. The highest BCUT2D eigenvalue weighted by Crippen LogP contribution is 2.70. The highest BCUT2D eigenvalue weighted by Gasteiger charge is 2.60. The van der Waals surface area contributed by atoms with Crippen molar-refractivity contribution in [2.45, 2.75) is 71.3 Å². The molecule has 3 heteroatoms. The molecule has 118 valence electrons. The van der Waals surface area contributed by atoms with Crippen LogP contribution < -0.4 is 11.3 Å². The molecule has 4 aliphatic carbocycles. The van der Waals surface area contributed by atoms with Gasteiger partial charge in [0.05, 0.1) is 12.6 Å². The Morgan fingerprint density at radius 3 is 2.48 bits per heavy atom.